The van der Waals surface area contributed by atoms with E-state index in [0.717, 1.165) is 22.6 Å². The van der Waals surface area contributed by atoms with E-state index >= 15 is 0 Å². The molecule has 3 nitrogen and oxygen atoms in total. The molecule has 1 aliphatic carbocycles. The van der Waals surface area contributed by atoms with Crippen LogP contribution in [0.2, 0.25) is 0 Å². The average Bonchev–Trinajstić information content (AvgIpc) is 2.93. The summed E-state index contributed by atoms with van der Waals surface area (Å²) in [6, 6.07) is 4.80. The van der Waals surface area contributed by atoms with Gasteiger partial charge in [0.05, 0.1) is 11.0 Å². The predicted octanol–water partition coefficient (Wildman–Crippen LogP) is 2.57. The number of fused-ring (bicyclic) bond motifs is 1. The van der Waals surface area contributed by atoms with Gasteiger partial charge in [0.15, 0.2) is 0 Å². The first-order valence-electron chi connectivity index (χ1n) is 5.41. The predicted molar refractivity (Wildman–Crippen MR) is 61.9 cm³/mol. The fourth-order valence-corrected chi connectivity index (χ4v) is 2.18. The number of aryl methyl sites for hydroxylation is 2. The Bertz CT molecular complexity index is 535. The SMILES string of the molecule is Cc1cc2nc(C)n(C3CC3)c2cc1N. The number of rotatable bonds is 1. The topological polar surface area (TPSA) is 43.8 Å². The smallest absolute Gasteiger partial charge is 0.106 e. The lowest BCUT2D eigenvalue weighted by Crippen LogP contribution is -1.97. The molecule has 0 amide bonds. The van der Waals surface area contributed by atoms with E-state index in [0.29, 0.717) is 6.04 Å². The Kier molecular flexibility index (Phi) is 1.61. The number of anilines is 1. The summed E-state index contributed by atoms with van der Waals surface area (Å²) in [6.07, 6.45) is 2.56. The van der Waals surface area contributed by atoms with Crippen LogP contribution in [-0.2, 0) is 0 Å². The number of nitrogens with zero attached hydrogens (tertiary/aromatic N) is 2. The number of hydrogen-bond acceptors (Lipinski definition) is 2. The second-order valence-corrected chi connectivity index (χ2v) is 4.46. The molecule has 3 rings (SSSR count). The van der Waals surface area contributed by atoms with Gasteiger partial charge in [-0.15, -0.1) is 0 Å². The number of hydrogen-bond donors (Lipinski definition) is 1. The van der Waals surface area contributed by atoms with Crippen LogP contribution in [0.1, 0.15) is 30.3 Å². The van der Waals surface area contributed by atoms with E-state index in [4.69, 9.17) is 5.73 Å². The van der Waals surface area contributed by atoms with Crippen molar-refractivity contribution in [2.24, 2.45) is 0 Å². The summed E-state index contributed by atoms with van der Waals surface area (Å²) in [7, 11) is 0. The molecular formula is C12H15N3. The normalized spacial score (nSPS) is 16.1. The molecule has 2 aromatic rings. The number of nitrogen functional groups attached to an aromatic ring is 1. The van der Waals surface area contributed by atoms with Gasteiger partial charge in [-0.05, 0) is 44.4 Å². The maximum absolute atomic E-state index is 5.94. The molecule has 3 heteroatoms. The highest BCUT2D eigenvalue weighted by molar-refractivity contribution is 5.81. The van der Waals surface area contributed by atoms with Gasteiger partial charge in [-0.25, -0.2) is 4.98 Å². The molecule has 1 heterocycles. The van der Waals surface area contributed by atoms with Crippen molar-refractivity contribution < 1.29 is 0 Å². The highest BCUT2D eigenvalue weighted by Gasteiger charge is 2.26. The molecule has 1 aromatic carbocycles. The van der Waals surface area contributed by atoms with Gasteiger partial charge in [-0.2, -0.15) is 0 Å². The number of nitrogens with two attached hydrogens (primary N) is 1. The molecule has 0 unspecified atom stereocenters. The molecule has 0 radical (unpaired) electrons. The first kappa shape index (κ1) is 8.77. The molecule has 0 atom stereocenters. The summed E-state index contributed by atoms with van der Waals surface area (Å²) < 4.78 is 2.32. The minimum Gasteiger partial charge on any atom is -0.398 e. The van der Waals surface area contributed by atoms with Crippen molar-refractivity contribution in [1.82, 2.24) is 9.55 Å². The maximum atomic E-state index is 5.94. The zero-order valence-corrected chi connectivity index (χ0v) is 9.12. The molecule has 78 valence electrons. The maximum Gasteiger partial charge on any atom is 0.106 e. The summed E-state index contributed by atoms with van der Waals surface area (Å²) >= 11 is 0. The first-order chi connectivity index (χ1) is 7.16. The Morgan fingerprint density at radius 2 is 2.07 bits per heavy atom. The van der Waals surface area contributed by atoms with Crippen LogP contribution in [0.5, 0.6) is 0 Å². The van der Waals surface area contributed by atoms with Crippen molar-refractivity contribution in [2.45, 2.75) is 32.7 Å². The molecule has 1 aliphatic rings. The summed E-state index contributed by atoms with van der Waals surface area (Å²) in [6.45, 7) is 4.10. The van der Waals surface area contributed by atoms with Gasteiger partial charge in [0.25, 0.3) is 0 Å². The highest BCUT2D eigenvalue weighted by atomic mass is 15.1. The van der Waals surface area contributed by atoms with E-state index in [2.05, 4.69) is 28.6 Å². The van der Waals surface area contributed by atoms with Crippen molar-refractivity contribution >= 4 is 16.7 Å². The van der Waals surface area contributed by atoms with Crippen molar-refractivity contribution in [1.29, 1.82) is 0 Å². The fourth-order valence-electron chi connectivity index (χ4n) is 2.18. The molecule has 15 heavy (non-hydrogen) atoms. The van der Waals surface area contributed by atoms with Crippen molar-refractivity contribution in [3.05, 3.63) is 23.5 Å². The lowest BCUT2D eigenvalue weighted by atomic mass is 10.2. The number of aromatic nitrogens is 2. The first-order valence-corrected chi connectivity index (χ1v) is 5.41. The van der Waals surface area contributed by atoms with Crippen molar-refractivity contribution in [2.75, 3.05) is 5.73 Å². The van der Waals surface area contributed by atoms with E-state index in [1.165, 1.54) is 18.4 Å². The molecule has 1 aromatic heterocycles. The molecule has 0 bridgehead atoms. The molecule has 1 fully saturated rings. The van der Waals surface area contributed by atoms with Crippen LogP contribution in [-0.4, -0.2) is 9.55 Å². The third-order valence-corrected chi connectivity index (χ3v) is 3.17. The summed E-state index contributed by atoms with van der Waals surface area (Å²) in [4.78, 5) is 4.58. The largest absolute Gasteiger partial charge is 0.398 e. The molecular weight excluding hydrogens is 186 g/mol. The lowest BCUT2D eigenvalue weighted by molar-refractivity contribution is 0.734. The van der Waals surface area contributed by atoms with Crippen LogP contribution in [0.3, 0.4) is 0 Å². The molecule has 0 saturated heterocycles. The van der Waals surface area contributed by atoms with Gasteiger partial charge >= 0.3 is 0 Å². The number of benzene rings is 1. The van der Waals surface area contributed by atoms with Crippen LogP contribution in [0, 0.1) is 13.8 Å². The molecule has 1 saturated carbocycles. The van der Waals surface area contributed by atoms with Crippen molar-refractivity contribution in [3.63, 3.8) is 0 Å². The van der Waals surface area contributed by atoms with Crippen LogP contribution in [0.15, 0.2) is 12.1 Å². The second-order valence-electron chi connectivity index (χ2n) is 4.46. The molecule has 2 N–H and O–H groups in total. The van der Waals surface area contributed by atoms with E-state index in [1.807, 2.05) is 6.92 Å². The van der Waals surface area contributed by atoms with Crippen LogP contribution >= 0.6 is 0 Å². The molecule has 0 spiro atoms. The third kappa shape index (κ3) is 1.23. The van der Waals surface area contributed by atoms with E-state index < -0.39 is 0 Å². The zero-order valence-electron chi connectivity index (χ0n) is 9.12. The Hall–Kier alpha value is -1.51. The van der Waals surface area contributed by atoms with Gasteiger partial charge in [-0.3, -0.25) is 0 Å². The Morgan fingerprint density at radius 1 is 1.33 bits per heavy atom. The van der Waals surface area contributed by atoms with Gasteiger partial charge in [0, 0.05) is 11.7 Å². The van der Waals surface area contributed by atoms with E-state index in [1.54, 1.807) is 0 Å². The fraction of sp³-hybridized carbons (Fsp3) is 0.417. The van der Waals surface area contributed by atoms with E-state index in [-0.39, 0.29) is 0 Å². The average molecular weight is 201 g/mol. The van der Waals surface area contributed by atoms with Crippen molar-refractivity contribution in [3.8, 4) is 0 Å². The van der Waals surface area contributed by atoms with Crippen LogP contribution < -0.4 is 5.73 Å². The third-order valence-electron chi connectivity index (χ3n) is 3.17. The van der Waals surface area contributed by atoms with Gasteiger partial charge in [0.2, 0.25) is 0 Å². The summed E-state index contributed by atoms with van der Waals surface area (Å²) in [5.74, 6) is 1.11. The van der Waals surface area contributed by atoms with Gasteiger partial charge < -0.3 is 10.3 Å². The monoisotopic (exact) mass is 201 g/mol. The Morgan fingerprint density at radius 3 is 2.73 bits per heavy atom. The Balaban J connectivity index is 2.34. The van der Waals surface area contributed by atoms with Gasteiger partial charge in [0.1, 0.15) is 5.82 Å². The van der Waals surface area contributed by atoms with Crippen LogP contribution in [0.4, 0.5) is 5.69 Å². The highest BCUT2D eigenvalue weighted by Crippen LogP contribution is 2.39. The minimum absolute atomic E-state index is 0.664. The lowest BCUT2D eigenvalue weighted by Gasteiger charge is -2.05. The second kappa shape index (κ2) is 2.75. The quantitative estimate of drug-likeness (QED) is 0.721. The summed E-state index contributed by atoms with van der Waals surface area (Å²) in [5, 5.41) is 0. The van der Waals surface area contributed by atoms with Crippen LogP contribution in [0.25, 0.3) is 11.0 Å². The summed E-state index contributed by atoms with van der Waals surface area (Å²) in [5.41, 5.74) is 10.2. The number of imidazole rings is 1. The Labute approximate surface area is 88.9 Å². The molecule has 0 aliphatic heterocycles. The van der Waals surface area contributed by atoms with E-state index in [9.17, 15) is 0 Å². The van der Waals surface area contributed by atoms with Gasteiger partial charge in [-0.1, -0.05) is 0 Å². The zero-order chi connectivity index (χ0) is 10.6. The minimum atomic E-state index is 0.664. The standard InChI is InChI=1S/C12H15N3/c1-7-5-11-12(6-10(7)13)15(8(2)14-11)9-3-4-9/h5-6,9H,3-4,13H2,1-2H3.